The van der Waals surface area contributed by atoms with Gasteiger partial charge in [-0.2, -0.15) is 0 Å². The van der Waals surface area contributed by atoms with Crippen molar-refractivity contribution in [2.75, 3.05) is 25.5 Å². The number of carbonyl (C=O) groups is 1. The summed E-state index contributed by atoms with van der Waals surface area (Å²) in [7, 11) is 1.67. The van der Waals surface area contributed by atoms with Crippen LogP contribution in [0.4, 0.5) is 6.01 Å². The Morgan fingerprint density at radius 1 is 1.17 bits per heavy atom. The lowest BCUT2D eigenvalue weighted by Gasteiger charge is -2.33. The second kappa shape index (κ2) is 7.04. The molecule has 1 saturated heterocycles. The van der Waals surface area contributed by atoms with E-state index in [0.29, 0.717) is 23.2 Å². The lowest BCUT2D eigenvalue weighted by molar-refractivity contribution is -0.133. The van der Waals surface area contributed by atoms with E-state index < -0.39 is 0 Å². The SMILES string of the molecule is COc1ccc([C@H]2C[C@@H]2c2nnc(N[C@H](C)C(=O)N3CCC4(CC3)CC4)o2)cc1. The summed E-state index contributed by atoms with van der Waals surface area (Å²) in [5.41, 5.74) is 1.82. The number of aromatic nitrogens is 2. The van der Waals surface area contributed by atoms with Gasteiger partial charge in [0, 0.05) is 19.0 Å². The quantitative estimate of drug-likeness (QED) is 0.804. The van der Waals surface area contributed by atoms with Gasteiger partial charge in [0.15, 0.2) is 0 Å². The molecule has 2 heterocycles. The molecule has 7 heteroatoms. The van der Waals surface area contributed by atoms with Crippen molar-refractivity contribution >= 4 is 11.9 Å². The van der Waals surface area contributed by atoms with Crippen LogP contribution >= 0.6 is 0 Å². The molecule has 3 atom stereocenters. The zero-order valence-electron chi connectivity index (χ0n) is 17.1. The van der Waals surface area contributed by atoms with Crippen LogP contribution in [-0.2, 0) is 4.79 Å². The van der Waals surface area contributed by atoms with Gasteiger partial charge in [-0.3, -0.25) is 4.79 Å². The maximum absolute atomic E-state index is 12.7. The van der Waals surface area contributed by atoms with Crippen LogP contribution in [-0.4, -0.2) is 47.2 Å². The molecule has 5 rings (SSSR count). The molecule has 29 heavy (non-hydrogen) atoms. The predicted octanol–water partition coefficient (Wildman–Crippen LogP) is 3.55. The molecule has 7 nitrogen and oxygen atoms in total. The standard InChI is InChI=1S/C22H28N4O3/c1-14(20(27)26-11-9-22(7-8-22)10-12-26)23-21-25-24-19(29-21)18-13-17(18)15-3-5-16(28-2)6-4-15/h3-6,14,17-18H,7-13H2,1-2H3,(H,23,25)/t14-,17-,18+/m1/s1. The maximum atomic E-state index is 12.7. The molecule has 0 bridgehead atoms. The fourth-order valence-electron chi connectivity index (χ4n) is 4.53. The van der Waals surface area contributed by atoms with Gasteiger partial charge >= 0.3 is 6.01 Å². The first kappa shape index (κ1) is 18.5. The molecular formula is C22H28N4O3. The first-order valence-electron chi connectivity index (χ1n) is 10.6. The molecule has 1 spiro atoms. The Bertz CT molecular complexity index is 880. The van der Waals surface area contributed by atoms with Crippen LogP contribution in [0, 0.1) is 5.41 Å². The molecule has 1 N–H and O–H groups in total. The predicted molar refractivity (Wildman–Crippen MR) is 108 cm³/mol. The zero-order valence-corrected chi connectivity index (χ0v) is 17.1. The fourth-order valence-corrected chi connectivity index (χ4v) is 4.53. The third kappa shape index (κ3) is 3.70. The summed E-state index contributed by atoms with van der Waals surface area (Å²) < 4.78 is 11.0. The second-order valence-electron chi connectivity index (χ2n) is 8.86. The van der Waals surface area contributed by atoms with Gasteiger partial charge in [0.1, 0.15) is 11.8 Å². The van der Waals surface area contributed by atoms with Gasteiger partial charge < -0.3 is 19.4 Å². The third-order valence-corrected chi connectivity index (χ3v) is 6.90. The molecule has 1 aromatic carbocycles. The molecule has 154 valence electrons. The van der Waals surface area contributed by atoms with Gasteiger partial charge in [0.25, 0.3) is 0 Å². The number of amides is 1. The Balaban J connectivity index is 1.16. The van der Waals surface area contributed by atoms with E-state index in [2.05, 4.69) is 27.6 Å². The van der Waals surface area contributed by atoms with Crippen molar-refractivity contribution in [1.29, 1.82) is 0 Å². The number of nitrogens with one attached hydrogen (secondary N) is 1. The van der Waals surface area contributed by atoms with Crippen molar-refractivity contribution in [2.24, 2.45) is 5.41 Å². The Hall–Kier alpha value is -2.57. The van der Waals surface area contributed by atoms with Gasteiger partial charge in [-0.1, -0.05) is 17.2 Å². The minimum absolute atomic E-state index is 0.114. The summed E-state index contributed by atoms with van der Waals surface area (Å²) >= 11 is 0. The molecule has 0 radical (unpaired) electrons. The molecule has 2 saturated carbocycles. The molecule has 3 aliphatic rings. The molecular weight excluding hydrogens is 368 g/mol. The number of nitrogens with zero attached hydrogens (tertiary/aromatic N) is 3. The number of ether oxygens (including phenoxy) is 1. The first-order chi connectivity index (χ1) is 14.1. The molecule has 1 amide bonds. The van der Waals surface area contributed by atoms with E-state index in [-0.39, 0.29) is 17.9 Å². The topological polar surface area (TPSA) is 80.5 Å². The number of anilines is 1. The fraction of sp³-hybridized carbons (Fsp3) is 0.591. The highest BCUT2D eigenvalue weighted by Gasteiger charge is 2.46. The Morgan fingerprint density at radius 3 is 2.55 bits per heavy atom. The van der Waals surface area contributed by atoms with Crippen molar-refractivity contribution in [3.8, 4) is 5.75 Å². The van der Waals surface area contributed by atoms with Gasteiger partial charge in [0.05, 0.1) is 7.11 Å². The van der Waals surface area contributed by atoms with Crippen molar-refractivity contribution in [2.45, 2.75) is 56.9 Å². The average molecular weight is 396 g/mol. The highest BCUT2D eigenvalue weighted by atomic mass is 16.5. The van der Waals surface area contributed by atoms with Crippen LogP contribution in [0.15, 0.2) is 28.7 Å². The molecule has 0 unspecified atom stereocenters. The van der Waals surface area contributed by atoms with Gasteiger partial charge in [0.2, 0.25) is 11.8 Å². The van der Waals surface area contributed by atoms with Crippen LogP contribution in [0.1, 0.15) is 62.3 Å². The van der Waals surface area contributed by atoms with Gasteiger partial charge in [-0.15, -0.1) is 5.10 Å². The number of carbonyl (C=O) groups excluding carboxylic acids is 1. The molecule has 1 aromatic heterocycles. The second-order valence-corrected chi connectivity index (χ2v) is 8.86. The smallest absolute Gasteiger partial charge is 0.316 e. The van der Waals surface area contributed by atoms with E-state index in [1.165, 1.54) is 18.4 Å². The van der Waals surface area contributed by atoms with Crippen molar-refractivity contribution < 1.29 is 13.9 Å². The van der Waals surface area contributed by atoms with Crippen molar-refractivity contribution in [3.05, 3.63) is 35.7 Å². The van der Waals surface area contributed by atoms with Crippen molar-refractivity contribution in [3.63, 3.8) is 0 Å². The Labute approximate surface area is 170 Å². The molecule has 2 aromatic rings. The lowest BCUT2D eigenvalue weighted by Crippen LogP contribution is -2.45. The lowest BCUT2D eigenvalue weighted by atomic mass is 9.93. The molecule has 2 aliphatic carbocycles. The largest absolute Gasteiger partial charge is 0.497 e. The minimum atomic E-state index is -0.367. The number of benzene rings is 1. The number of hydrogen-bond acceptors (Lipinski definition) is 6. The third-order valence-electron chi connectivity index (χ3n) is 6.90. The van der Waals surface area contributed by atoms with E-state index >= 15 is 0 Å². The van der Waals surface area contributed by atoms with Crippen LogP contribution in [0.25, 0.3) is 0 Å². The Morgan fingerprint density at radius 2 is 1.90 bits per heavy atom. The summed E-state index contributed by atoms with van der Waals surface area (Å²) in [6, 6.07) is 8.09. The first-order valence-corrected chi connectivity index (χ1v) is 10.6. The van der Waals surface area contributed by atoms with Gasteiger partial charge in [-0.25, -0.2) is 0 Å². The van der Waals surface area contributed by atoms with Crippen LogP contribution in [0.2, 0.25) is 0 Å². The maximum Gasteiger partial charge on any atom is 0.316 e. The van der Waals surface area contributed by atoms with E-state index in [0.717, 1.165) is 38.1 Å². The molecule has 1 aliphatic heterocycles. The zero-order chi connectivity index (χ0) is 20.0. The van der Waals surface area contributed by atoms with Crippen LogP contribution < -0.4 is 10.1 Å². The highest BCUT2D eigenvalue weighted by Crippen LogP contribution is 2.55. The summed E-state index contributed by atoms with van der Waals surface area (Å²) in [4.78, 5) is 14.7. The number of hydrogen-bond donors (Lipinski definition) is 1. The average Bonchev–Trinajstić information content (AvgIpc) is 3.67. The summed E-state index contributed by atoms with van der Waals surface area (Å²) in [5.74, 6) is 2.25. The van der Waals surface area contributed by atoms with E-state index in [9.17, 15) is 4.79 Å². The normalized spacial score (nSPS) is 25.5. The van der Waals surface area contributed by atoms with Crippen molar-refractivity contribution in [1.82, 2.24) is 15.1 Å². The van der Waals surface area contributed by atoms with Gasteiger partial charge in [-0.05, 0) is 68.1 Å². The number of methoxy groups -OCH3 is 1. The Kier molecular flexibility index (Phi) is 4.48. The highest BCUT2D eigenvalue weighted by molar-refractivity contribution is 5.83. The number of likely N-dealkylation sites (tertiary alicyclic amines) is 1. The van der Waals surface area contributed by atoms with Crippen LogP contribution in [0.3, 0.4) is 0 Å². The number of piperidine rings is 1. The summed E-state index contributed by atoms with van der Waals surface area (Å²) in [6.07, 6.45) is 5.96. The molecule has 3 fully saturated rings. The van der Waals surface area contributed by atoms with Crippen LogP contribution in [0.5, 0.6) is 5.75 Å². The monoisotopic (exact) mass is 396 g/mol. The number of rotatable bonds is 6. The minimum Gasteiger partial charge on any atom is -0.497 e. The van der Waals surface area contributed by atoms with E-state index in [1.54, 1.807) is 7.11 Å². The summed E-state index contributed by atoms with van der Waals surface area (Å²) in [6.45, 7) is 3.60. The van der Waals surface area contributed by atoms with E-state index in [1.807, 2.05) is 24.0 Å². The van der Waals surface area contributed by atoms with E-state index in [4.69, 9.17) is 9.15 Å². The summed E-state index contributed by atoms with van der Waals surface area (Å²) in [5, 5.41) is 11.4.